The van der Waals surface area contributed by atoms with Crippen LogP contribution in [-0.4, -0.2) is 21.8 Å². The number of benzene rings is 1. The van der Waals surface area contributed by atoms with Crippen LogP contribution in [0.2, 0.25) is 0 Å². The van der Waals surface area contributed by atoms with Crippen LogP contribution in [-0.2, 0) is 12.8 Å². The van der Waals surface area contributed by atoms with Gasteiger partial charge in [-0.25, -0.2) is 4.98 Å². The topological polar surface area (TPSA) is 26.5 Å². The van der Waals surface area contributed by atoms with Gasteiger partial charge >= 0.3 is 0 Å². The molecule has 0 aliphatic carbocycles. The Balaban J connectivity index is 1.71. The van der Waals surface area contributed by atoms with Gasteiger partial charge < -0.3 is 4.74 Å². The largest absolute Gasteiger partial charge is 0.497 e. The maximum atomic E-state index is 5.29. The number of nitrogens with zero attached hydrogens (tertiary/aromatic N) is 2. The van der Waals surface area contributed by atoms with E-state index >= 15 is 0 Å². The summed E-state index contributed by atoms with van der Waals surface area (Å²) in [4.78, 5) is 5.74. The fourth-order valence-corrected chi connectivity index (χ4v) is 3.66. The summed E-state index contributed by atoms with van der Waals surface area (Å²) in [5.74, 6) is 1.45. The number of alkyl halides is 1. The normalized spacial score (nSPS) is 12.7. The first-order valence-corrected chi connectivity index (χ1v) is 8.88. The highest BCUT2D eigenvalue weighted by molar-refractivity contribution is 9.09. The van der Waals surface area contributed by atoms with E-state index in [2.05, 4.69) is 55.2 Å². The van der Waals surface area contributed by atoms with Gasteiger partial charge in [0.05, 0.1) is 12.8 Å². The summed E-state index contributed by atoms with van der Waals surface area (Å²) in [5.41, 5.74) is 2.47. The van der Waals surface area contributed by atoms with Gasteiger partial charge in [0.1, 0.15) is 5.75 Å². The number of halogens is 1. The summed E-state index contributed by atoms with van der Waals surface area (Å²) >= 11 is 5.31. The molecular weight excluding hydrogens is 348 g/mol. The second kappa shape index (κ2) is 6.62. The Hall–Kier alpha value is -1.33. The van der Waals surface area contributed by atoms with Crippen LogP contribution in [0.15, 0.2) is 42.0 Å². The molecule has 1 aromatic carbocycles. The molecule has 3 rings (SSSR count). The number of ether oxygens (including phenoxy) is 1. The number of fused-ring (bicyclic) bond motifs is 1. The Morgan fingerprint density at radius 1 is 1.38 bits per heavy atom. The van der Waals surface area contributed by atoms with Crippen molar-refractivity contribution in [3.63, 3.8) is 0 Å². The zero-order valence-corrected chi connectivity index (χ0v) is 14.2. The molecule has 5 heteroatoms. The van der Waals surface area contributed by atoms with Gasteiger partial charge in [-0.05, 0) is 36.5 Å². The second-order valence-corrected chi connectivity index (χ2v) is 6.63. The van der Waals surface area contributed by atoms with Gasteiger partial charge in [-0.15, -0.1) is 11.3 Å². The van der Waals surface area contributed by atoms with Gasteiger partial charge in [-0.2, -0.15) is 0 Å². The van der Waals surface area contributed by atoms with Crippen molar-refractivity contribution in [2.24, 2.45) is 5.92 Å². The average molecular weight is 365 g/mol. The molecule has 0 saturated heterocycles. The third kappa shape index (κ3) is 3.47. The van der Waals surface area contributed by atoms with E-state index in [4.69, 9.17) is 4.74 Å². The van der Waals surface area contributed by atoms with Crippen molar-refractivity contribution in [3.05, 3.63) is 53.3 Å². The van der Waals surface area contributed by atoms with E-state index in [1.807, 2.05) is 12.1 Å². The van der Waals surface area contributed by atoms with Crippen LogP contribution < -0.4 is 4.74 Å². The van der Waals surface area contributed by atoms with Crippen LogP contribution in [0.3, 0.4) is 0 Å². The fourth-order valence-electron chi connectivity index (χ4n) is 2.48. The lowest BCUT2D eigenvalue weighted by atomic mass is 9.97. The molecule has 1 atom stereocenters. The Morgan fingerprint density at radius 2 is 2.29 bits per heavy atom. The van der Waals surface area contributed by atoms with Crippen molar-refractivity contribution < 1.29 is 4.74 Å². The van der Waals surface area contributed by atoms with Crippen LogP contribution in [0.5, 0.6) is 5.75 Å². The van der Waals surface area contributed by atoms with Crippen LogP contribution in [0.4, 0.5) is 0 Å². The number of aromatic nitrogens is 2. The van der Waals surface area contributed by atoms with E-state index in [0.29, 0.717) is 5.92 Å². The molecule has 0 spiro atoms. The SMILES string of the molecule is COc1cccc(CC(CBr)Cc2cn3ccsc3n2)c1. The summed E-state index contributed by atoms with van der Waals surface area (Å²) in [7, 11) is 1.71. The zero-order chi connectivity index (χ0) is 14.7. The minimum Gasteiger partial charge on any atom is -0.497 e. The molecule has 1 unspecified atom stereocenters. The van der Waals surface area contributed by atoms with Crippen molar-refractivity contribution in [3.8, 4) is 5.75 Å². The molecule has 0 radical (unpaired) electrons. The van der Waals surface area contributed by atoms with E-state index in [-0.39, 0.29) is 0 Å². The zero-order valence-electron chi connectivity index (χ0n) is 11.8. The molecule has 2 heterocycles. The lowest BCUT2D eigenvalue weighted by molar-refractivity contribution is 0.414. The highest BCUT2D eigenvalue weighted by Gasteiger charge is 2.13. The van der Waals surface area contributed by atoms with Gasteiger partial charge in [-0.3, -0.25) is 4.40 Å². The highest BCUT2D eigenvalue weighted by Crippen LogP contribution is 2.21. The van der Waals surface area contributed by atoms with Crippen LogP contribution in [0.1, 0.15) is 11.3 Å². The number of thiazole rings is 1. The molecule has 0 aliphatic heterocycles. The summed E-state index contributed by atoms with van der Waals surface area (Å²) in [6, 6.07) is 8.30. The third-order valence-corrected chi connectivity index (χ3v) is 5.20. The van der Waals surface area contributed by atoms with E-state index in [9.17, 15) is 0 Å². The van der Waals surface area contributed by atoms with Crippen LogP contribution in [0.25, 0.3) is 4.96 Å². The average Bonchev–Trinajstić information content (AvgIpc) is 3.08. The first kappa shape index (κ1) is 14.6. The first-order valence-electron chi connectivity index (χ1n) is 6.88. The summed E-state index contributed by atoms with van der Waals surface area (Å²) in [6.07, 6.45) is 6.19. The molecule has 0 amide bonds. The Labute approximate surface area is 136 Å². The molecule has 3 aromatic rings. The maximum absolute atomic E-state index is 5.29. The van der Waals surface area contributed by atoms with Crippen LogP contribution >= 0.6 is 27.3 Å². The summed E-state index contributed by atoms with van der Waals surface area (Å²) < 4.78 is 7.39. The van der Waals surface area contributed by atoms with Gasteiger partial charge in [0.25, 0.3) is 0 Å². The van der Waals surface area contributed by atoms with Gasteiger partial charge in [0.15, 0.2) is 4.96 Å². The Kier molecular flexibility index (Phi) is 4.60. The first-order chi connectivity index (χ1) is 10.3. The lowest BCUT2D eigenvalue weighted by Gasteiger charge is -2.13. The van der Waals surface area contributed by atoms with Crippen molar-refractivity contribution in [2.75, 3.05) is 12.4 Å². The summed E-state index contributed by atoms with van der Waals surface area (Å²) in [6.45, 7) is 0. The minimum absolute atomic E-state index is 0.529. The Morgan fingerprint density at radius 3 is 3.05 bits per heavy atom. The predicted molar refractivity (Wildman–Crippen MR) is 90.8 cm³/mol. The van der Waals surface area contributed by atoms with E-state index < -0.39 is 0 Å². The quantitative estimate of drug-likeness (QED) is 0.612. The van der Waals surface area contributed by atoms with Crippen molar-refractivity contribution in [1.29, 1.82) is 0 Å². The summed E-state index contributed by atoms with van der Waals surface area (Å²) in [5, 5.41) is 3.03. The molecule has 3 nitrogen and oxygen atoms in total. The van der Waals surface area contributed by atoms with E-state index in [1.165, 1.54) is 5.56 Å². The number of hydrogen-bond donors (Lipinski definition) is 0. The Bertz CT molecular complexity index is 693. The highest BCUT2D eigenvalue weighted by atomic mass is 79.9. The van der Waals surface area contributed by atoms with Gasteiger partial charge in [-0.1, -0.05) is 28.1 Å². The fraction of sp³-hybridized carbons (Fsp3) is 0.312. The van der Waals surface area contributed by atoms with E-state index in [0.717, 1.165) is 34.6 Å². The number of hydrogen-bond acceptors (Lipinski definition) is 3. The molecule has 2 aromatic heterocycles. The molecule has 110 valence electrons. The number of rotatable bonds is 6. The van der Waals surface area contributed by atoms with E-state index in [1.54, 1.807) is 18.4 Å². The molecule has 0 saturated carbocycles. The standard InChI is InChI=1S/C16H17BrN2OS/c1-20-15-4-2-3-12(9-15)7-13(10-17)8-14-11-19-5-6-21-16(19)18-14/h2-6,9,11,13H,7-8,10H2,1H3. The molecule has 21 heavy (non-hydrogen) atoms. The van der Waals surface area contributed by atoms with Gasteiger partial charge in [0.2, 0.25) is 0 Å². The number of imidazole rings is 1. The molecule has 0 N–H and O–H groups in total. The smallest absolute Gasteiger partial charge is 0.193 e. The molecular formula is C16H17BrN2OS. The monoisotopic (exact) mass is 364 g/mol. The van der Waals surface area contributed by atoms with Crippen molar-refractivity contribution >= 4 is 32.2 Å². The minimum atomic E-state index is 0.529. The molecule has 0 fully saturated rings. The van der Waals surface area contributed by atoms with Crippen molar-refractivity contribution in [1.82, 2.24) is 9.38 Å². The third-order valence-electron chi connectivity index (χ3n) is 3.52. The number of methoxy groups -OCH3 is 1. The van der Waals surface area contributed by atoms with Crippen molar-refractivity contribution in [2.45, 2.75) is 12.8 Å². The predicted octanol–water partition coefficient (Wildman–Crippen LogP) is 4.20. The molecule has 0 bridgehead atoms. The second-order valence-electron chi connectivity index (χ2n) is 5.11. The lowest BCUT2D eigenvalue weighted by Crippen LogP contribution is -2.10. The maximum Gasteiger partial charge on any atom is 0.193 e. The van der Waals surface area contributed by atoms with Gasteiger partial charge in [0, 0.05) is 23.1 Å². The van der Waals surface area contributed by atoms with Crippen LogP contribution in [0, 0.1) is 5.92 Å². The molecule has 0 aliphatic rings.